The summed E-state index contributed by atoms with van der Waals surface area (Å²) in [4.78, 5) is 28.7. The number of carbonyl (C=O) groups excluding carboxylic acids is 2. The Bertz CT molecular complexity index is 1070. The molecule has 5 nitrogen and oxygen atoms in total. The highest BCUT2D eigenvalue weighted by molar-refractivity contribution is 6.02. The zero-order chi connectivity index (χ0) is 25.7. The summed E-state index contributed by atoms with van der Waals surface area (Å²) < 4.78 is 0. The van der Waals surface area contributed by atoms with Gasteiger partial charge in [-0.2, -0.15) is 0 Å². The van der Waals surface area contributed by atoms with Crippen LogP contribution in [0.3, 0.4) is 0 Å². The summed E-state index contributed by atoms with van der Waals surface area (Å²) >= 11 is 0. The normalized spacial score (nSPS) is 17.3. The van der Waals surface area contributed by atoms with E-state index < -0.39 is 0 Å². The van der Waals surface area contributed by atoms with E-state index in [-0.39, 0.29) is 23.3 Å². The SMILES string of the molecule is CC(CC(=O)Nc1ccc(N2CCc3ccccc3C2)c(C(=O)NC2CCCCC2)c1)CC(C)(C)C. The van der Waals surface area contributed by atoms with Crippen molar-refractivity contribution in [2.45, 2.75) is 91.6 Å². The quantitative estimate of drug-likeness (QED) is 0.454. The Morgan fingerprint density at radius 1 is 1.03 bits per heavy atom. The van der Waals surface area contributed by atoms with E-state index in [4.69, 9.17) is 0 Å². The lowest BCUT2D eigenvalue weighted by Crippen LogP contribution is -2.38. The maximum absolute atomic E-state index is 13.5. The average Bonchev–Trinajstić information content (AvgIpc) is 2.83. The topological polar surface area (TPSA) is 61.4 Å². The van der Waals surface area contributed by atoms with Gasteiger partial charge in [0.2, 0.25) is 5.91 Å². The van der Waals surface area contributed by atoms with Gasteiger partial charge in [0, 0.05) is 36.9 Å². The van der Waals surface area contributed by atoms with Gasteiger partial charge in [0.15, 0.2) is 0 Å². The second-order valence-corrected chi connectivity index (χ2v) is 12.1. The van der Waals surface area contributed by atoms with Crippen molar-refractivity contribution in [2.75, 3.05) is 16.8 Å². The fourth-order valence-corrected chi connectivity index (χ4v) is 5.93. The number of nitrogens with one attached hydrogen (secondary N) is 2. The van der Waals surface area contributed by atoms with Crippen LogP contribution in [0.1, 0.15) is 94.1 Å². The monoisotopic (exact) mass is 489 g/mol. The summed E-state index contributed by atoms with van der Waals surface area (Å²) in [7, 11) is 0. The van der Waals surface area contributed by atoms with Gasteiger partial charge in [0.1, 0.15) is 0 Å². The molecule has 5 heteroatoms. The van der Waals surface area contributed by atoms with Gasteiger partial charge in [0.25, 0.3) is 5.91 Å². The summed E-state index contributed by atoms with van der Waals surface area (Å²) in [5.74, 6) is 0.268. The summed E-state index contributed by atoms with van der Waals surface area (Å²) in [5.41, 5.74) is 5.18. The van der Waals surface area contributed by atoms with Gasteiger partial charge < -0.3 is 15.5 Å². The molecule has 1 atom stereocenters. The number of amides is 2. The minimum atomic E-state index is -0.0343. The van der Waals surface area contributed by atoms with E-state index in [2.05, 4.69) is 67.5 Å². The zero-order valence-corrected chi connectivity index (χ0v) is 22.5. The third-order valence-electron chi connectivity index (χ3n) is 7.43. The molecule has 0 radical (unpaired) electrons. The van der Waals surface area contributed by atoms with Crippen LogP contribution in [-0.2, 0) is 17.8 Å². The zero-order valence-electron chi connectivity index (χ0n) is 22.5. The Hall–Kier alpha value is -2.82. The van der Waals surface area contributed by atoms with E-state index in [1.165, 1.54) is 30.4 Å². The molecule has 1 saturated carbocycles. The van der Waals surface area contributed by atoms with Crippen molar-refractivity contribution < 1.29 is 9.59 Å². The molecule has 2 aliphatic rings. The molecule has 2 aromatic carbocycles. The number of fused-ring (bicyclic) bond motifs is 1. The van der Waals surface area contributed by atoms with E-state index in [0.717, 1.165) is 44.5 Å². The lowest BCUT2D eigenvalue weighted by molar-refractivity contribution is -0.117. The van der Waals surface area contributed by atoms with Crippen molar-refractivity contribution in [3.8, 4) is 0 Å². The third-order valence-corrected chi connectivity index (χ3v) is 7.43. The maximum atomic E-state index is 13.5. The van der Waals surface area contributed by atoms with Gasteiger partial charge >= 0.3 is 0 Å². The van der Waals surface area contributed by atoms with Crippen LogP contribution in [0, 0.1) is 11.3 Å². The van der Waals surface area contributed by atoms with Crippen molar-refractivity contribution in [3.63, 3.8) is 0 Å². The molecular weight excluding hydrogens is 446 g/mol. The molecule has 0 saturated heterocycles. The molecule has 0 aromatic heterocycles. The first-order valence-electron chi connectivity index (χ1n) is 13.7. The molecule has 2 aromatic rings. The highest BCUT2D eigenvalue weighted by atomic mass is 16.2. The predicted octanol–water partition coefficient (Wildman–Crippen LogP) is 6.71. The lowest BCUT2D eigenvalue weighted by atomic mass is 9.84. The van der Waals surface area contributed by atoms with Crippen LogP contribution in [0.2, 0.25) is 0 Å². The highest BCUT2D eigenvalue weighted by Gasteiger charge is 2.24. The Morgan fingerprint density at radius 3 is 2.47 bits per heavy atom. The summed E-state index contributed by atoms with van der Waals surface area (Å²) in [6.45, 7) is 10.4. The van der Waals surface area contributed by atoms with Gasteiger partial charge in [-0.3, -0.25) is 9.59 Å². The minimum absolute atomic E-state index is 0.00467. The van der Waals surface area contributed by atoms with Gasteiger partial charge in [-0.15, -0.1) is 0 Å². The first-order valence-corrected chi connectivity index (χ1v) is 13.7. The standard InChI is InChI=1S/C31H43N3O2/c1-22(20-31(2,3)4)18-29(35)32-26-14-15-28(34-17-16-23-10-8-9-11-24(23)21-34)27(19-26)30(36)33-25-12-6-5-7-13-25/h8-11,14-15,19,22,25H,5-7,12-13,16-18,20-21H2,1-4H3,(H,32,35)(H,33,36). The fourth-order valence-electron chi connectivity index (χ4n) is 5.93. The number of hydrogen-bond donors (Lipinski definition) is 2. The predicted molar refractivity (Wildman–Crippen MR) is 148 cm³/mol. The van der Waals surface area contributed by atoms with Crippen molar-refractivity contribution in [1.82, 2.24) is 5.32 Å². The second-order valence-electron chi connectivity index (χ2n) is 12.1. The molecule has 194 valence electrons. The van der Waals surface area contributed by atoms with Crippen molar-refractivity contribution in [3.05, 3.63) is 59.2 Å². The number of carbonyl (C=O) groups is 2. The summed E-state index contributed by atoms with van der Waals surface area (Å²) in [6, 6.07) is 14.6. The fraction of sp³-hybridized carbons (Fsp3) is 0.548. The van der Waals surface area contributed by atoms with Crippen LogP contribution in [0.15, 0.2) is 42.5 Å². The second kappa shape index (κ2) is 11.5. The van der Waals surface area contributed by atoms with Gasteiger partial charge in [-0.25, -0.2) is 0 Å². The van der Waals surface area contributed by atoms with Gasteiger partial charge in [-0.05, 0) is 66.3 Å². The van der Waals surface area contributed by atoms with Crippen LogP contribution in [0.25, 0.3) is 0 Å². The number of benzene rings is 2. The molecule has 2 N–H and O–H groups in total. The van der Waals surface area contributed by atoms with Crippen LogP contribution in [-0.4, -0.2) is 24.4 Å². The molecule has 0 spiro atoms. The smallest absolute Gasteiger partial charge is 0.253 e. The van der Waals surface area contributed by atoms with Crippen LogP contribution >= 0.6 is 0 Å². The Labute approximate surface area is 217 Å². The first-order chi connectivity index (χ1) is 17.2. The number of nitrogens with zero attached hydrogens (tertiary/aromatic N) is 1. The molecular formula is C31H43N3O2. The largest absolute Gasteiger partial charge is 0.366 e. The molecule has 1 fully saturated rings. The minimum Gasteiger partial charge on any atom is -0.366 e. The number of anilines is 2. The molecule has 36 heavy (non-hydrogen) atoms. The average molecular weight is 490 g/mol. The molecule has 4 rings (SSSR count). The van der Waals surface area contributed by atoms with Crippen molar-refractivity contribution in [2.24, 2.45) is 11.3 Å². The van der Waals surface area contributed by atoms with Crippen LogP contribution in [0.5, 0.6) is 0 Å². The molecule has 2 amide bonds. The highest BCUT2D eigenvalue weighted by Crippen LogP contribution is 2.31. The van der Waals surface area contributed by atoms with E-state index >= 15 is 0 Å². The number of hydrogen-bond acceptors (Lipinski definition) is 3. The van der Waals surface area contributed by atoms with E-state index in [0.29, 0.717) is 23.6 Å². The molecule has 1 unspecified atom stereocenters. The summed E-state index contributed by atoms with van der Waals surface area (Å²) in [5, 5.41) is 6.36. The van der Waals surface area contributed by atoms with Crippen LogP contribution < -0.4 is 15.5 Å². The molecule has 0 bridgehead atoms. The van der Waals surface area contributed by atoms with E-state index in [9.17, 15) is 9.59 Å². The molecule has 1 heterocycles. The van der Waals surface area contributed by atoms with Crippen LogP contribution in [0.4, 0.5) is 11.4 Å². The van der Waals surface area contributed by atoms with Gasteiger partial charge in [-0.1, -0.05) is 71.2 Å². The maximum Gasteiger partial charge on any atom is 0.253 e. The molecule has 1 aliphatic carbocycles. The van der Waals surface area contributed by atoms with Gasteiger partial charge in [0.05, 0.1) is 5.56 Å². The Balaban J connectivity index is 1.53. The number of rotatable bonds is 7. The Kier molecular flexibility index (Phi) is 8.38. The summed E-state index contributed by atoms with van der Waals surface area (Å²) in [6.07, 6.45) is 8.11. The van der Waals surface area contributed by atoms with Crippen molar-refractivity contribution >= 4 is 23.2 Å². The lowest BCUT2D eigenvalue weighted by Gasteiger charge is -2.32. The van der Waals surface area contributed by atoms with Crippen molar-refractivity contribution in [1.29, 1.82) is 0 Å². The van der Waals surface area contributed by atoms with E-state index in [1.807, 2.05) is 18.2 Å². The first kappa shape index (κ1) is 26.2. The molecule has 1 aliphatic heterocycles. The third kappa shape index (κ3) is 7.11. The van der Waals surface area contributed by atoms with E-state index in [1.54, 1.807) is 0 Å². The Morgan fingerprint density at radius 2 is 1.75 bits per heavy atom.